The third kappa shape index (κ3) is 4.38. The highest BCUT2D eigenvalue weighted by molar-refractivity contribution is 6.06. The van der Waals surface area contributed by atoms with Gasteiger partial charge in [0.05, 0.1) is 11.1 Å². The Bertz CT molecular complexity index is 1170. The SMILES string of the molecule is CCC(C)(C)C1CCc2nc3ccccc3c(C(=O)OCC(=O)Nc3cc(C)on3)c2C1. The van der Waals surface area contributed by atoms with Crippen LogP contribution in [0.25, 0.3) is 10.9 Å². The Hall–Kier alpha value is -3.22. The van der Waals surface area contributed by atoms with Gasteiger partial charge < -0.3 is 14.6 Å². The Morgan fingerprint density at radius 3 is 2.78 bits per heavy atom. The summed E-state index contributed by atoms with van der Waals surface area (Å²) in [4.78, 5) is 30.4. The number of nitrogens with one attached hydrogen (secondary N) is 1. The minimum absolute atomic E-state index is 0.167. The standard InChI is InChI=1S/C25H29N3O4/c1-5-25(3,4)16-10-11-20-18(13-16)23(17-8-6-7-9-19(17)26-20)24(30)31-14-22(29)27-21-12-15(2)32-28-21/h6-9,12,16H,5,10-11,13-14H2,1-4H3,(H,27,28,29). The Labute approximate surface area is 187 Å². The number of carbonyl (C=O) groups is 2. The summed E-state index contributed by atoms with van der Waals surface area (Å²) in [6.07, 6.45) is 3.73. The first-order chi connectivity index (χ1) is 15.3. The summed E-state index contributed by atoms with van der Waals surface area (Å²) in [6, 6.07) is 9.21. The fourth-order valence-corrected chi connectivity index (χ4v) is 4.38. The van der Waals surface area contributed by atoms with Crippen LogP contribution in [0.5, 0.6) is 0 Å². The quantitative estimate of drug-likeness (QED) is 0.555. The van der Waals surface area contributed by atoms with E-state index in [0.29, 0.717) is 23.1 Å². The molecule has 0 fully saturated rings. The number of nitrogens with zero attached hydrogens (tertiary/aromatic N) is 2. The fourth-order valence-electron chi connectivity index (χ4n) is 4.38. The molecular weight excluding hydrogens is 406 g/mol. The molecule has 1 N–H and O–H groups in total. The second-order valence-electron chi connectivity index (χ2n) is 9.16. The largest absolute Gasteiger partial charge is 0.452 e. The van der Waals surface area contributed by atoms with Gasteiger partial charge >= 0.3 is 5.97 Å². The van der Waals surface area contributed by atoms with Crippen LogP contribution in [0.4, 0.5) is 5.82 Å². The molecule has 1 aromatic carbocycles. The number of esters is 1. The summed E-state index contributed by atoms with van der Waals surface area (Å²) in [6.45, 7) is 8.10. The van der Waals surface area contributed by atoms with Crippen LogP contribution < -0.4 is 5.32 Å². The highest BCUT2D eigenvalue weighted by Crippen LogP contribution is 2.41. The van der Waals surface area contributed by atoms with Gasteiger partial charge in [-0.1, -0.05) is 50.5 Å². The fraction of sp³-hybridized carbons (Fsp3) is 0.440. The van der Waals surface area contributed by atoms with E-state index in [9.17, 15) is 9.59 Å². The molecule has 0 saturated carbocycles. The van der Waals surface area contributed by atoms with Crippen LogP contribution in [0.15, 0.2) is 34.9 Å². The molecule has 7 nitrogen and oxygen atoms in total. The monoisotopic (exact) mass is 435 g/mol. The summed E-state index contributed by atoms with van der Waals surface area (Å²) in [7, 11) is 0. The van der Waals surface area contributed by atoms with E-state index in [2.05, 4.69) is 31.2 Å². The van der Waals surface area contributed by atoms with Crippen LogP contribution >= 0.6 is 0 Å². The molecule has 0 spiro atoms. The number of rotatable bonds is 6. The molecule has 2 aromatic heterocycles. The van der Waals surface area contributed by atoms with Crippen LogP contribution in [-0.4, -0.2) is 28.6 Å². The molecule has 3 aromatic rings. The molecule has 168 valence electrons. The Kier molecular flexibility index (Phi) is 6.00. The predicted molar refractivity (Wildman–Crippen MR) is 121 cm³/mol. The molecule has 4 rings (SSSR count). The zero-order chi connectivity index (χ0) is 22.9. The number of fused-ring (bicyclic) bond motifs is 2. The van der Waals surface area contributed by atoms with Crippen molar-refractivity contribution >= 4 is 28.6 Å². The highest BCUT2D eigenvalue weighted by Gasteiger charge is 2.34. The highest BCUT2D eigenvalue weighted by atomic mass is 16.5. The smallest absolute Gasteiger partial charge is 0.339 e. The average Bonchev–Trinajstić information content (AvgIpc) is 3.19. The van der Waals surface area contributed by atoms with Crippen molar-refractivity contribution in [1.82, 2.24) is 10.1 Å². The molecule has 0 radical (unpaired) electrons. The molecule has 0 aliphatic heterocycles. The zero-order valence-electron chi connectivity index (χ0n) is 19.0. The van der Waals surface area contributed by atoms with Crippen LogP contribution in [-0.2, 0) is 22.4 Å². The van der Waals surface area contributed by atoms with E-state index >= 15 is 0 Å². The lowest BCUT2D eigenvalue weighted by molar-refractivity contribution is -0.119. The van der Waals surface area contributed by atoms with Gasteiger partial charge in [-0.25, -0.2) is 4.79 Å². The van der Waals surface area contributed by atoms with Gasteiger partial charge in [-0.05, 0) is 49.1 Å². The molecule has 1 atom stereocenters. The number of aryl methyl sites for hydroxylation is 2. The van der Waals surface area contributed by atoms with Crippen LogP contribution in [0.3, 0.4) is 0 Å². The van der Waals surface area contributed by atoms with Crippen LogP contribution in [0.2, 0.25) is 0 Å². The average molecular weight is 436 g/mol. The number of benzene rings is 1. The van der Waals surface area contributed by atoms with Gasteiger partial charge in [0.1, 0.15) is 5.76 Å². The maximum absolute atomic E-state index is 13.3. The third-order valence-corrected chi connectivity index (χ3v) is 6.71. The first kappa shape index (κ1) is 22.0. The van der Waals surface area contributed by atoms with Crippen molar-refractivity contribution in [3.8, 4) is 0 Å². The normalized spacial score (nSPS) is 15.9. The lowest BCUT2D eigenvalue weighted by Crippen LogP contribution is -2.31. The summed E-state index contributed by atoms with van der Waals surface area (Å²) >= 11 is 0. The minimum Gasteiger partial charge on any atom is -0.452 e. The van der Waals surface area contributed by atoms with Crippen molar-refractivity contribution in [2.24, 2.45) is 11.3 Å². The first-order valence-electron chi connectivity index (χ1n) is 11.1. The number of pyridine rings is 1. The molecule has 0 bridgehead atoms. The van der Waals surface area contributed by atoms with E-state index in [1.54, 1.807) is 13.0 Å². The molecular formula is C25H29N3O4. The number of hydrogen-bond donors (Lipinski definition) is 1. The van der Waals surface area contributed by atoms with E-state index in [-0.39, 0.29) is 5.41 Å². The van der Waals surface area contributed by atoms with E-state index in [1.807, 2.05) is 24.3 Å². The van der Waals surface area contributed by atoms with E-state index in [1.165, 1.54) is 0 Å². The van der Waals surface area contributed by atoms with Crippen molar-refractivity contribution in [3.05, 3.63) is 52.9 Å². The number of para-hydroxylation sites is 1. The van der Waals surface area contributed by atoms with Gasteiger partial charge in [-0.3, -0.25) is 9.78 Å². The van der Waals surface area contributed by atoms with Gasteiger partial charge in [0, 0.05) is 17.1 Å². The minimum atomic E-state index is -0.499. The lowest BCUT2D eigenvalue weighted by atomic mass is 9.68. The van der Waals surface area contributed by atoms with Gasteiger partial charge in [-0.15, -0.1) is 0 Å². The van der Waals surface area contributed by atoms with Gasteiger partial charge in [0.2, 0.25) is 0 Å². The number of hydrogen-bond acceptors (Lipinski definition) is 6. The summed E-state index contributed by atoms with van der Waals surface area (Å²) < 4.78 is 10.4. The molecule has 7 heteroatoms. The summed E-state index contributed by atoms with van der Waals surface area (Å²) in [5.74, 6) is 0.357. The number of amides is 1. The topological polar surface area (TPSA) is 94.3 Å². The molecule has 1 aliphatic carbocycles. The van der Waals surface area contributed by atoms with Crippen molar-refractivity contribution in [2.75, 3.05) is 11.9 Å². The van der Waals surface area contributed by atoms with Crippen LogP contribution in [0, 0.1) is 18.3 Å². The number of carbonyl (C=O) groups excluding carboxylic acids is 2. The Morgan fingerprint density at radius 1 is 1.28 bits per heavy atom. The number of anilines is 1. The molecule has 1 aliphatic rings. The summed E-state index contributed by atoms with van der Waals surface area (Å²) in [5.41, 5.74) is 3.39. The Balaban J connectivity index is 1.61. The van der Waals surface area contributed by atoms with Crippen molar-refractivity contribution in [1.29, 1.82) is 0 Å². The van der Waals surface area contributed by atoms with Crippen LogP contribution in [0.1, 0.15) is 61.0 Å². The molecule has 32 heavy (non-hydrogen) atoms. The first-order valence-corrected chi connectivity index (χ1v) is 11.1. The van der Waals surface area contributed by atoms with E-state index in [0.717, 1.165) is 47.8 Å². The molecule has 2 heterocycles. The van der Waals surface area contributed by atoms with E-state index in [4.69, 9.17) is 14.2 Å². The molecule has 1 amide bonds. The summed E-state index contributed by atoms with van der Waals surface area (Å²) in [5, 5.41) is 7.06. The molecule has 1 unspecified atom stereocenters. The Morgan fingerprint density at radius 2 is 2.06 bits per heavy atom. The number of aromatic nitrogens is 2. The predicted octanol–water partition coefficient (Wildman–Crippen LogP) is 4.87. The maximum Gasteiger partial charge on any atom is 0.339 e. The zero-order valence-corrected chi connectivity index (χ0v) is 19.0. The third-order valence-electron chi connectivity index (χ3n) is 6.71. The number of ether oxygens (including phenoxy) is 1. The van der Waals surface area contributed by atoms with Gasteiger partial charge in [0.25, 0.3) is 5.91 Å². The lowest BCUT2D eigenvalue weighted by Gasteiger charge is -2.37. The van der Waals surface area contributed by atoms with Gasteiger partial charge in [-0.2, -0.15) is 0 Å². The van der Waals surface area contributed by atoms with Crippen molar-refractivity contribution in [3.63, 3.8) is 0 Å². The second kappa shape index (κ2) is 8.73. The molecule has 0 saturated heterocycles. The second-order valence-corrected chi connectivity index (χ2v) is 9.16. The van der Waals surface area contributed by atoms with Crippen molar-refractivity contribution in [2.45, 2.75) is 53.4 Å². The van der Waals surface area contributed by atoms with E-state index < -0.39 is 18.5 Å². The van der Waals surface area contributed by atoms with Crippen molar-refractivity contribution < 1.29 is 18.8 Å². The van der Waals surface area contributed by atoms with Gasteiger partial charge in [0.15, 0.2) is 12.4 Å². The maximum atomic E-state index is 13.3.